The third kappa shape index (κ3) is 1.91. The van der Waals surface area contributed by atoms with Crippen molar-refractivity contribution >= 4 is 11.5 Å². The van der Waals surface area contributed by atoms with E-state index in [-0.39, 0.29) is 0 Å². The Balaban J connectivity index is 1.68. The summed E-state index contributed by atoms with van der Waals surface area (Å²) < 4.78 is 5.35. The first kappa shape index (κ1) is 13.0. The van der Waals surface area contributed by atoms with Gasteiger partial charge in [0.15, 0.2) is 5.84 Å². The third-order valence-corrected chi connectivity index (χ3v) is 4.83. The Kier molecular flexibility index (Phi) is 2.70. The van der Waals surface area contributed by atoms with Gasteiger partial charge in [-0.3, -0.25) is 4.90 Å². The van der Waals surface area contributed by atoms with Crippen molar-refractivity contribution in [3.63, 3.8) is 0 Å². The van der Waals surface area contributed by atoms with Crippen LogP contribution in [-0.4, -0.2) is 31.8 Å². The fraction of sp³-hybridized carbons (Fsp3) is 0.562. The lowest BCUT2D eigenvalue weighted by atomic mass is 10.1. The second-order valence-electron chi connectivity index (χ2n) is 6.54. The number of oxime groups is 1. The zero-order valence-corrected chi connectivity index (χ0v) is 12.7. The lowest BCUT2D eigenvalue weighted by Gasteiger charge is -2.32. The van der Waals surface area contributed by atoms with Crippen LogP contribution in [0.2, 0.25) is 0 Å². The van der Waals surface area contributed by atoms with Gasteiger partial charge in [-0.1, -0.05) is 11.2 Å². The van der Waals surface area contributed by atoms with Crippen LogP contribution in [0.5, 0.6) is 5.75 Å². The number of hydrogen-bond acceptors (Lipinski definition) is 5. The van der Waals surface area contributed by atoms with Crippen LogP contribution >= 0.6 is 0 Å². The van der Waals surface area contributed by atoms with E-state index in [9.17, 15) is 0 Å². The Hall–Kier alpha value is -1.75. The molecule has 1 saturated carbocycles. The van der Waals surface area contributed by atoms with Crippen molar-refractivity contribution in [3.8, 4) is 5.75 Å². The van der Waals surface area contributed by atoms with Gasteiger partial charge < -0.3 is 14.9 Å². The molecule has 1 N–H and O–H groups in total. The fourth-order valence-corrected chi connectivity index (χ4v) is 3.72. The number of hydrogen-bond donors (Lipinski definition) is 1. The van der Waals surface area contributed by atoms with Crippen molar-refractivity contribution in [1.82, 2.24) is 5.32 Å². The molecule has 112 valence electrons. The van der Waals surface area contributed by atoms with Gasteiger partial charge in [0.2, 0.25) is 5.72 Å². The van der Waals surface area contributed by atoms with E-state index in [1.54, 1.807) is 7.11 Å². The van der Waals surface area contributed by atoms with Crippen LogP contribution in [0.25, 0.3) is 0 Å². The molecular weight excluding hydrogens is 266 g/mol. The first-order chi connectivity index (χ1) is 10.1. The molecule has 3 aliphatic rings. The molecule has 5 heteroatoms. The number of nitrogens with zero attached hydrogens (tertiary/aromatic N) is 2. The monoisotopic (exact) mass is 287 g/mol. The summed E-state index contributed by atoms with van der Waals surface area (Å²) in [5.41, 5.74) is 0.625. The first-order valence-electron chi connectivity index (χ1n) is 7.53. The van der Waals surface area contributed by atoms with Crippen LogP contribution in [-0.2, 0) is 4.84 Å². The molecule has 1 saturated heterocycles. The second kappa shape index (κ2) is 4.37. The molecule has 2 heterocycles. The fourth-order valence-electron chi connectivity index (χ4n) is 3.72. The van der Waals surface area contributed by atoms with Crippen LogP contribution in [0.3, 0.4) is 0 Å². The number of nitrogens with one attached hydrogen (secondary N) is 1. The second-order valence-corrected chi connectivity index (χ2v) is 6.54. The van der Waals surface area contributed by atoms with Crippen LogP contribution in [0.15, 0.2) is 29.4 Å². The summed E-state index contributed by atoms with van der Waals surface area (Å²) in [6.07, 6.45) is 0. The minimum Gasteiger partial charge on any atom is -0.497 e. The number of fused-ring (bicyclic) bond motifs is 1. The topological polar surface area (TPSA) is 46.1 Å². The van der Waals surface area contributed by atoms with Gasteiger partial charge in [0.1, 0.15) is 5.75 Å². The van der Waals surface area contributed by atoms with Crippen molar-refractivity contribution < 1.29 is 9.57 Å². The molecule has 21 heavy (non-hydrogen) atoms. The summed E-state index contributed by atoms with van der Waals surface area (Å²) in [6.45, 7) is 6.31. The quantitative estimate of drug-likeness (QED) is 0.924. The van der Waals surface area contributed by atoms with Crippen molar-refractivity contribution in [2.24, 2.45) is 22.9 Å². The van der Waals surface area contributed by atoms with Gasteiger partial charge in [-0.05, 0) is 50.9 Å². The highest BCUT2D eigenvalue weighted by Gasteiger charge is 2.59. The smallest absolute Gasteiger partial charge is 0.209 e. The van der Waals surface area contributed by atoms with E-state index >= 15 is 0 Å². The zero-order valence-electron chi connectivity index (χ0n) is 12.7. The predicted octanol–water partition coefficient (Wildman–Crippen LogP) is 2.05. The Morgan fingerprint density at radius 1 is 1.33 bits per heavy atom. The molecule has 0 amide bonds. The van der Waals surface area contributed by atoms with Crippen LogP contribution in [0, 0.1) is 17.8 Å². The number of rotatable bonds is 3. The Morgan fingerprint density at radius 3 is 2.81 bits per heavy atom. The van der Waals surface area contributed by atoms with E-state index in [2.05, 4.69) is 35.3 Å². The Bertz CT molecular complexity index is 589. The molecule has 0 radical (unpaired) electrons. The molecule has 3 atom stereocenters. The van der Waals surface area contributed by atoms with Gasteiger partial charge in [0.05, 0.1) is 7.11 Å². The van der Waals surface area contributed by atoms with E-state index in [1.807, 2.05) is 18.2 Å². The number of benzene rings is 1. The summed E-state index contributed by atoms with van der Waals surface area (Å²) in [5.74, 6) is 3.89. The zero-order chi connectivity index (χ0) is 14.6. The lowest BCUT2D eigenvalue weighted by Crippen LogP contribution is -2.45. The minimum absolute atomic E-state index is 0.452. The van der Waals surface area contributed by atoms with Gasteiger partial charge >= 0.3 is 0 Å². The average Bonchev–Trinajstić information content (AvgIpc) is 2.84. The molecule has 0 aromatic heterocycles. The molecule has 0 bridgehead atoms. The van der Waals surface area contributed by atoms with Crippen LogP contribution < -0.4 is 15.0 Å². The highest BCUT2D eigenvalue weighted by atomic mass is 16.7. The highest BCUT2D eigenvalue weighted by Crippen LogP contribution is 2.52. The van der Waals surface area contributed by atoms with Crippen LogP contribution in [0.1, 0.15) is 13.8 Å². The molecule has 2 fully saturated rings. The number of anilines is 1. The molecule has 4 rings (SSSR count). The molecule has 0 spiro atoms. The molecular formula is C16H21N3O2. The van der Waals surface area contributed by atoms with Crippen molar-refractivity contribution in [1.29, 1.82) is 0 Å². The first-order valence-corrected chi connectivity index (χ1v) is 7.53. The number of methoxy groups -OCH3 is 1. The van der Waals surface area contributed by atoms with E-state index in [0.717, 1.165) is 30.4 Å². The maximum Gasteiger partial charge on any atom is 0.209 e. The number of amidine groups is 1. The highest BCUT2D eigenvalue weighted by molar-refractivity contribution is 6.03. The normalized spacial score (nSPS) is 32.4. The minimum atomic E-state index is -0.452. The van der Waals surface area contributed by atoms with E-state index < -0.39 is 5.72 Å². The molecule has 1 aromatic carbocycles. The Labute approximate surface area is 124 Å². The molecule has 2 aliphatic heterocycles. The standard InChI is InChI=1S/C16H21N3O2/c1-16(2)19(10-5-4-6-11(7-10)20-3)15(18-21-16)14-12-8-17-9-13(12)14/h4-7,12-14,17H,8-9H2,1-3H3/t12-,13+,14?. The van der Waals surface area contributed by atoms with Crippen molar-refractivity contribution in [2.75, 3.05) is 25.1 Å². The third-order valence-electron chi connectivity index (χ3n) is 4.83. The number of piperidine rings is 1. The van der Waals surface area contributed by atoms with Gasteiger partial charge in [0.25, 0.3) is 0 Å². The average molecular weight is 287 g/mol. The van der Waals surface area contributed by atoms with E-state index in [4.69, 9.17) is 9.57 Å². The molecule has 1 aromatic rings. The molecule has 5 nitrogen and oxygen atoms in total. The van der Waals surface area contributed by atoms with Crippen molar-refractivity contribution in [3.05, 3.63) is 24.3 Å². The lowest BCUT2D eigenvalue weighted by molar-refractivity contribution is 0.0138. The molecule has 1 unspecified atom stereocenters. The predicted molar refractivity (Wildman–Crippen MR) is 81.4 cm³/mol. The van der Waals surface area contributed by atoms with Crippen molar-refractivity contribution in [2.45, 2.75) is 19.6 Å². The summed E-state index contributed by atoms with van der Waals surface area (Å²) in [5, 5.41) is 7.85. The summed E-state index contributed by atoms with van der Waals surface area (Å²) in [4.78, 5) is 7.93. The SMILES string of the molecule is COc1cccc(N2C(C3[C@H]4CNC[C@@H]34)=NOC2(C)C)c1. The van der Waals surface area contributed by atoms with Gasteiger partial charge in [-0.25, -0.2) is 0 Å². The van der Waals surface area contributed by atoms with Gasteiger partial charge in [0, 0.05) is 17.7 Å². The van der Waals surface area contributed by atoms with E-state index in [0.29, 0.717) is 17.8 Å². The molecule has 1 aliphatic carbocycles. The largest absolute Gasteiger partial charge is 0.497 e. The summed E-state index contributed by atoms with van der Waals surface area (Å²) >= 11 is 0. The maximum atomic E-state index is 5.71. The van der Waals surface area contributed by atoms with Crippen LogP contribution in [0.4, 0.5) is 5.69 Å². The van der Waals surface area contributed by atoms with E-state index in [1.165, 1.54) is 0 Å². The Morgan fingerprint density at radius 2 is 2.10 bits per heavy atom. The number of ether oxygens (including phenoxy) is 1. The summed E-state index contributed by atoms with van der Waals surface area (Å²) in [7, 11) is 1.69. The van der Waals surface area contributed by atoms with Gasteiger partial charge in [-0.2, -0.15) is 0 Å². The van der Waals surface area contributed by atoms with Gasteiger partial charge in [-0.15, -0.1) is 0 Å². The maximum absolute atomic E-state index is 5.71. The summed E-state index contributed by atoms with van der Waals surface area (Å²) in [6, 6.07) is 8.10.